The highest BCUT2D eigenvalue weighted by Crippen LogP contribution is 2.38. The van der Waals surface area contributed by atoms with Crippen molar-refractivity contribution in [1.29, 1.82) is 0 Å². The van der Waals surface area contributed by atoms with E-state index in [0.29, 0.717) is 18.2 Å². The molecule has 0 spiro atoms. The number of benzene rings is 1. The van der Waals surface area contributed by atoms with E-state index in [1.807, 2.05) is 0 Å². The maximum absolute atomic E-state index is 9.58. The van der Waals surface area contributed by atoms with Crippen LogP contribution in [0.15, 0.2) is 12.1 Å². The highest BCUT2D eigenvalue weighted by Gasteiger charge is 2.34. The lowest BCUT2D eigenvalue weighted by Gasteiger charge is -2.08. The molecular weight excluding hydrogens is 206 g/mol. The topological polar surface area (TPSA) is 72.7 Å². The predicted octanol–water partition coefficient (Wildman–Crippen LogP) is 1.69. The Kier molecular flexibility index (Phi) is 2.92. The van der Waals surface area contributed by atoms with Crippen molar-refractivity contribution in [3.8, 4) is 17.2 Å². The highest BCUT2D eigenvalue weighted by atomic mass is 16.3. The van der Waals surface area contributed by atoms with Gasteiger partial charge in [-0.05, 0) is 18.4 Å². The Balaban J connectivity index is 1.97. The first kappa shape index (κ1) is 11.1. The van der Waals surface area contributed by atoms with Crippen molar-refractivity contribution in [3.63, 3.8) is 0 Å². The fourth-order valence-corrected chi connectivity index (χ4v) is 1.94. The summed E-state index contributed by atoms with van der Waals surface area (Å²) in [4.78, 5) is 0. The molecule has 0 radical (unpaired) electrons. The van der Waals surface area contributed by atoms with Crippen LogP contribution in [-0.2, 0) is 6.54 Å². The van der Waals surface area contributed by atoms with E-state index in [1.54, 1.807) is 6.07 Å². The maximum atomic E-state index is 9.58. The number of phenols is 3. The minimum Gasteiger partial charge on any atom is -0.504 e. The third kappa shape index (κ3) is 2.07. The van der Waals surface area contributed by atoms with Crippen LogP contribution < -0.4 is 5.32 Å². The van der Waals surface area contributed by atoms with Gasteiger partial charge in [-0.2, -0.15) is 0 Å². The summed E-state index contributed by atoms with van der Waals surface area (Å²) in [5.41, 5.74) is 0.608. The van der Waals surface area contributed by atoms with Crippen molar-refractivity contribution in [2.24, 2.45) is 5.92 Å². The zero-order valence-electron chi connectivity index (χ0n) is 9.27. The Morgan fingerprint density at radius 3 is 2.62 bits per heavy atom. The molecule has 2 atom stereocenters. The smallest absolute Gasteiger partial charge is 0.200 e. The fraction of sp³-hybridized carbons (Fsp3) is 0.500. The normalized spacial score (nSPS) is 23.3. The number of rotatable bonds is 4. The molecular formula is C12H17NO3. The first-order chi connectivity index (χ1) is 7.63. The van der Waals surface area contributed by atoms with E-state index in [4.69, 9.17) is 5.11 Å². The molecule has 4 nitrogen and oxygen atoms in total. The summed E-state index contributed by atoms with van der Waals surface area (Å²) in [7, 11) is 0. The molecule has 4 N–H and O–H groups in total. The molecule has 0 aliphatic heterocycles. The lowest BCUT2D eigenvalue weighted by Crippen LogP contribution is -2.17. The van der Waals surface area contributed by atoms with Crippen LogP contribution >= 0.6 is 0 Å². The van der Waals surface area contributed by atoms with Crippen LogP contribution in [0.4, 0.5) is 0 Å². The molecule has 1 aliphatic carbocycles. The van der Waals surface area contributed by atoms with Crippen LogP contribution in [0.5, 0.6) is 17.2 Å². The molecule has 0 heterocycles. The number of aromatic hydroxyl groups is 3. The van der Waals surface area contributed by atoms with Crippen LogP contribution in [0.1, 0.15) is 25.3 Å². The van der Waals surface area contributed by atoms with E-state index >= 15 is 0 Å². The van der Waals surface area contributed by atoms with Gasteiger partial charge >= 0.3 is 0 Å². The SMILES string of the molecule is CCC1CC1NCc1ccc(O)c(O)c1O. The van der Waals surface area contributed by atoms with Gasteiger partial charge in [-0.3, -0.25) is 0 Å². The zero-order chi connectivity index (χ0) is 11.7. The van der Waals surface area contributed by atoms with Gasteiger partial charge in [0.25, 0.3) is 0 Å². The summed E-state index contributed by atoms with van der Waals surface area (Å²) >= 11 is 0. The first-order valence-electron chi connectivity index (χ1n) is 5.59. The first-order valence-corrected chi connectivity index (χ1v) is 5.59. The zero-order valence-corrected chi connectivity index (χ0v) is 9.27. The minimum atomic E-state index is -0.442. The molecule has 2 unspecified atom stereocenters. The van der Waals surface area contributed by atoms with Gasteiger partial charge in [0.05, 0.1) is 0 Å². The molecule has 16 heavy (non-hydrogen) atoms. The Bertz CT molecular complexity index is 392. The predicted molar refractivity (Wildman–Crippen MR) is 60.5 cm³/mol. The van der Waals surface area contributed by atoms with Gasteiger partial charge in [-0.15, -0.1) is 0 Å². The van der Waals surface area contributed by atoms with E-state index in [9.17, 15) is 10.2 Å². The summed E-state index contributed by atoms with van der Waals surface area (Å²) in [6, 6.07) is 3.53. The van der Waals surface area contributed by atoms with Gasteiger partial charge in [0.2, 0.25) is 5.75 Å². The molecule has 88 valence electrons. The van der Waals surface area contributed by atoms with Crippen LogP contribution in [0.3, 0.4) is 0 Å². The standard InChI is InChI=1S/C12H17NO3/c1-2-7-5-9(7)13-6-8-3-4-10(14)12(16)11(8)15/h3-4,7,9,13-16H,2,5-6H2,1H3. The van der Waals surface area contributed by atoms with E-state index < -0.39 is 5.75 Å². The van der Waals surface area contributed by atoms with Gasteiger partial charge in [0.1, 0.15) is 0 Å². The van der Waals surface area contributed by atoms with Crippen molar-refractivity contribution in [1.82, 2.24) is 5.32 Å². The minimum absolute atomic E-state index is 0.235. The van der Waals surface area contributed by atoms with Crippen LogP contribution in [0.25, 0.3) is 0 Å². The van der Waals surface area contributed by atoms with Crippen molar-refractivity contribution in [2.75, 3.05) is 0 Å². The second-order valence-corrected chi connectivity index (χ2v) is 4.33. The van der Waals surface area contributed by atoms with E-state index in [-0.39, 0.29) is 11.5 Å². The quantitative estimate of drug-likeness (QED) is 0.586. The lowest BCUT2D eigenvalue weighted by molar-refractivity contribution is 0.364. The monoisotopic (exact) mass is 223 g/mol. The highest BCUT2D eigenvalue weighted by molar-refractivity contribution is 5.53. The summed E-state index contributed by atoms with van der Waals surface area (Å²) in [6.07, 6.45) is 2.35. The number of nitrogens with one attached hydrogen (secondary N) is 1. The van der Waals surface area contributed by atoms with Crippen molar-refractivity contribution in [3.05, 3.63) is 17.7 Å². The third-order valence-corrected chi connectivity index (χ3v) is 3.22. The Morgan fingerprint density at radius 2 is 2.00 bits per heavy atom. The molecule has 1 aliphatic rings. The fourth-order valence-electron chi connectivity index (χ4n) is 1.94. The summed E-state index contributed by atoms with van der Waals surface area (Å²) in [5, 5.41) is 31.4. The number of phenolic OH excluding ortho intramolecular Hbond substituents is 3. The average Bonchev–Trinajstić information content (AvgIpc) is 3.04. The largest absolute Gasteiger partial charge is 0.504 e. The van der Waals surface area contributed by atoms with Gasteiger partial charge in [0, 0.05) is 18.2 Å². The second kappa shape index (κ2) is 4.22. The summed E-state index contributed by atoms with van der Waals surface area (Å²) in [6.45, 7) is 2.68. The molecule has 0 amide bonds. The van der Waals surface area contributed by atoms with Crippen LogP contribution in [0, 0.1) is 5.92 Å². The van der Waals surface area contributed by atoms with E-state index in [0.717, 1.165) is 5.92 Å². The van der Waals surface area contributed by atoms with Crippen molar-refractivity contribution in [2.45, 2.75) is 32.4 Å². The van der Waals surface area contributed by atoms with Crippen molar-refractivity contribution >= 4 is 0 Å². The van der Waals surface area contributed by atoms with E-state index in [2.05, 4.69) is 12.2 Å². The Morgan fingerprint density at radius 1 is 1.25 bits per heavy atom. The van der Waals surface area contributed by atoms with E-state index in [1.165, 1.54) is 18.9 Å². The molecule has 0 bridgehead atoms. The summed E-state index contributed by atoms with van der Waals surface area (Å²) in [5.74, 6) is -0.227. The molecule has 4 heteroatoms. The Hall–Kier alpha value is -1.42. The number of hydrogen-bond acceptors (Lipinski definition) is 4. The molecule has 0 saturated heterocycles. The molecule has 1 aromatic rings. The van der Waals surface area contributed by atoms with Gasteiger partial charge in [0.15, 0.2) is 11.5 Å². The molecule has 1 fully saturated rings. The lowest BCUT2D eigenvalue weighted by atomic mass is 10.1. The van der Waals surface area contributed by atoms with Crippen LogP contribution in [0.2, 0.25) is 0 Å². The third-order valence-electron chi connectivity index (χ3n) is 3.22. The Labute approximate surface area is 94.5 Å². The average molecular weight is 223 g/mol. The number of hydrogen-bond donors (Lipinski definition) is 4. The molecule has 1 aromatic carbocycles. The molecule has 0 aromatic heterocycles. The van der Waals surface area contributed by atoms with Gasteiger partial charge in [-0.1, -0.05) is 19.4 Å². The van der Waals surface area contributed by atoms with Crippen molar-refractivity contribution < 1.29 is 15.3 Å². The maximum Gasteiger partial charge on any atom is 0.200 e. The molecule has 1 saturated carbocycles. The van der Waals surface area contributed by atoms with Crippen LogP contribution in [-0.4, -0.2) is 21.4 Å². The van der Waals surface area contributed by atoms with Gasteiger partial charge in [-0.25, -0.2) is 0 Å². The summed E-state index contributed by atoms with van der Waals surface area (Å²) < 4.78 is 0. The second-order valence-electron chi connectivity index (χ2n) is 4.33. The molecule has 2 rings (SSSR count). The van der Waals surface area contributed by atoms with Gasteiger partial charge < -0.3 is 20.6 Å².